The molecule has 0 aromatic heterocycles. The lowest BCUT2D eigenvalue weighted by Crippen LogP contribution is -2.32. The number of hydrogen-bond donors (Lipinski definition) is 1. The van der Waals surface area contributed by atoms with E-state index in [1.807, 2.05) is 30.0 Å². The number of benzene rings is 1. The fourth-order valence-corrected chi connectivity index (χ4v) is 3.79. The van der Waals surface area contributed by atoms with Crippen LogP contribution in [0.2, 0.25) is 5.02 Å². The number of thioether (sulfide) groups is 1. The van der Waals surface area contributed by atoms with E-state index in [1.165, 1.54) is 18.6 Å². The van der Waals surface area contributed by atoms with Crippen LogP contribution in [0.5, 0.6) is 0 Å². The Bertz CT molecular complexity index is 372. The summed E-state index contributed by atoms with van der Waals surface area (Å²) in [6.07, 6.45) is 2.53. The first-order valence-corrected chi connectivity index (χ1v) is 7.72. The zero-order chi connectivity index (χ0) is 11.5. The molecule has 1 saturated heterocycles. The summed E-state index contributed by atoms with van der Waals surface area (Å²) in [4.78, 5) is 0. The Labute approximate surface area is 114 Å². The third-order valence-electron chi connectivity index (χ3n) is 2.88. The van der Waals surface area contributed by atoms with Gasteiger partial charge in [-0.25, -0.2) is 0 Å². The van der Waals surface area contributed by atoms with Crippen molar-refractivity contribution in [2.45, 2.75) is 31.1 Å². The zero-order valence-corrected chi connectivity index (χ0v) is 12.3. The van der Waals surface area contributed by atoms with E-state index in [-0.39, 0.29) is 0 Å². The van der Waals surface area contributed by atoms with Crippen molar-refractivity contribution in [3.63, 3.8) is 0 Å². The van der Waals surface area contributed by atoms with Crippen molar-refractivity contribution in [1.82, 2.24) is 0 Å². The van der Waals surface area contributed by atoms with Gasteiger partial charge in [0, 0.05) is 15.8 Å². The minimum Gasteiger partial charge on any atom is -0.380 e. The summed E-state index contributed by atoms with van der Waals surface area (Å²) in [7, 11) is 0. The van der Waals surface area contributed by atoms with Gasteiger partial charge in [0.2, 0.25) is 0 Å². The van der Waals surface area contributed by atoms with Crippen LogP contribution in [0, 0.1) is 0 Å². The molecule has 2 rings (SSSR count). The molecule has 1 aromatic rings. The molecule has 2 atom stereocenters. The average Bonchev–Trinajstić information content (AvgIpc) is 2.25. The molecule has 0 aliphatic carbocycles. The summed E-state index contributed by atoms with van der Waals surface area (Å²) >= 11 is 11.7. The maximum Gasteiger partial charge on any atom is 0.0648 e. The summed E-state index contributed by atoms with van der Waals surface area (Å²) < 4.78 is 1.02. The number of halogens is 2. The lowest BCUT2D eigenvalue weighted by atomic mass is 10.1. The molecule has 0 bridgehead atoms. The monoisotopic (exact) mass is 319 g/mol. The van der Waals surface area contributed by atoms with E-state index in [9.17, 15) is 0 Å². The molecule has 0 saturated carbocycles. The van der Waals surface area contributed by atoms with Gasteiger partial charge in [0.15, 0.2) is 0 Å². The topological polar surface area (TPSA) is 12.0 Å². The van der Waals surface area contributed by atoms with Gasteiger partial charge in [0.1, 0.15) is 0 Å². The lowest BCUT2D eigenvalue weighted by Gasteiger charge is -2.30. The first-order valence-electron chi connectivity index (χ1n) is 5.50. The molecule has 1 N–H and O–H groups in total. The molecule has 1 aliphatic rings. The molecule has 88 valence electrons. The molecule has 2 unspecified atom stereocenters. The van der Waals surface area contributed by atoms with Gasteiger partial charge in [-0.05, 0) is 36.8 Å². The van der Waals surface area contributed by atoms with Crippen molar-refractivity contribution in [3.05, 3.63) is 27.7 Å². The molecule has 4 heteroatoms. The number of anilines is 1. The van der Waals surface area contributed by atoms with Crippen LogP contribution < -0.4 is 5.32 Å². The smallest absolute Gasteiger partial charge is 0.0648 e. The minimum atomic E-state index is 0.539. The van der Waals surface area contributed by atoms with Crippen LogP contribution in [-0.2, 0) is 0 Å². The van der Waals surface area contributed by atoms with Crippen LogP contribution in [-0.4, -0.2) is 17.0 Å². The standard InChI is InChI=1S/C12H15BrClNS/c1-8-11(3-2-6-16-8)15-12-5-4-9(13)7-10(12)14/h4-5,7-8,11,15H,2-3,6H2,1H3. The van der Waals surface area contributed by atoms with Gasteiger partial charge < -0.3 is 5.32 Å². The molecular weight excluding hydrogens is 306 g/mol. The van der Waals surface area contributed by atoms with Gasteiger partial charge in [0.25, 0.3) is 0 Å². The zero-order valence-electron chi connectivity index (χ0n) is 9.17. The van der Waals surface area contributed by atoms with Crippen molar-refractivity contribution in [3.8, 4) is 0 Å². The average molecular weight is 321 g/mol. The van der Waals surface area contributed by atoms with Crippen LogP contribution in [0.3, 0.4) is 0 Å². The van der Waals surface area contributed by atoms with E-state index in [1.54, 1.807) is 0 Å². The van der Waals surface area contributed by atoms with Gasteiger partial charge in [-0.15, -0.1) is 0 Å². The Morgan fingerprint density at radius 2 is 2.31 bits per heavy atom. The quantitative estimate of drug-likeness (QED) is 0.840. The molecule has 1 fully saturated rings. The van der Waals surface area contributed by atoms with Crippen molar-refractivity contribution in [2.24, 2.45) is 0 Å². The molecule has 0 spiro atoms. The van der Waals surface area contributed by atoms with E-state index in [0.29, 0.717) is 11.3 Å². The van der Waals surface area contributed by atoms with Gasteiger partial charge in [-0.1, -0.05) is 34.5 Å². The fourth-order valence-electron chi connectivity index (χ4n) is 1.92. The van der Waals surface area contributed by atoms with Crippen molar-refractivity contribution < 1.29 is 0 Å². The van der Waals surface area contributed by atoms with Gasteiger partial charge in [-0.2, -0.15) is 11.8 Å². The van der Waals surface area contributed by atoms with Crippen LogP contribution in [0.1, 0.15) is 19.8 Å². The number of rotatable bonds is 2. The predicted molar refractivity (Wildman–Crippen MR) is 77.7 cm³/mol. The van der Waals surface area contributed by atoms with Gasteiger partial charge in [-0.3, -0.25) is 0 Å². The molecule has 1 aliphatic heterocycles. The summed E-state index contributed by atoms with van der Waals surface area (Å²) in [5.41, 5.74) is 1.05. The third kappa shape index (κ3) is 3.08. The van der Waals surface area contributed by atoms with Crippen LogP contribution in [0.4, 0.5) is 5.69 Å². The molecule has 16 heavy (non-hydrogen) atoms. The first kappa shape index (κ1) is 12.6. The Morgan fingerprint density at radius 1 is 1.50 bits per heavy atom. The highest BCUT2D eigenvalue weighted by molar-refractivity contribution is 9.10. The summed E-state index contributed by atoms with van der Waals surface area (Å²) in [6.45, 7) is 2.29. The minimum absolute atomic E-state index is 0.539. The molecule has 0 radical (unpaired) electrons. The van der Waals surface area contributed by atoms with E-state index >= 15 is 0 Å². The lowest BCUT2D eigenvalue weighted by molar-refractivity contribution is 0.617. The molecule has 1 heterocycles. The molecular formula is C12H15BrClNS. The van der Waals surface area contributed by atoms with Crippen LogP contribution >= 0.6 is 39.3 Å². The van der Waals surface area contributed by atoms with Gasteiger partial charge >= 0.3 is 0 Å². The first-order chi connectivity index (χ1) is 7.66. The van der Waals surface area contributed by atoms with E-state index in [2.05, 4.69) is 28.2 Å². The van der Waals surface area contributed by atoms with Gasteiger partial charge in [0.05, 0.1) is 10.7 Å². The highest BCUT2D eigenvalue weighted by atomic mass is 79.9. The highest BCUT2D eigenvalue weighted by Crippen LogP contribution is 2.31. The van der Waals surface area contributed by atoms with E-state index in [4.69, 9.17) is 11.6 Å². The second-order valence-electron chi connectivity index (χ2n) is 4.09. The highest BCUT2D eigenvalue weighted by Gasteiger charge is 2.21. The second-order valence-corrected chi connectivity index (χ2v) is 6.90. The Morgan fingerprint density at radius 3 is 3.00 bits per heavy atom. The van der Waals surface area contributed by atoms with Crippen molar-refractivity contribution in [2.75, 3.05) is 11.1 Å². The molecule has 1 nitrogen and oxygen atoms in total. The number of hydrogen-bond acceptors (Lipinski definition) is 2. The molecule has 0 amide bonds. The Hall–Kier alpha value is 0.140. The second kappa shape index (κ2) is 5.65. The van der Waals surface area contributed by atoms with Crippen LogP contribution in [0.25, 0.3) is 0 Å². The Balaban J connectivity index is 2.07. The van der Waals surface area contributed by atoms with Crippen molar-refractivity contribution >= 4 is 45.0 Å². The predicted octanol–water partition coefficient (Wildman–Crippen LogP) is 4.80. The summed E-state index contributed by atoms with van der Waals surface area (Å²) in [5.74, 6) is 1.29. The normalized spacial score (nSPS) is 25.4. The summed E-state index contributed by atoms with van der Waals surface area (Å²) in [5, 5.41) is 5.00. The Kier molecular flexibility index (Phi) is 4.45. The largest absolute Gasteiger partial charge is 0.380 e. The van der Waals surface area contributed by atoms with E-state index < -0.39 is 0 Å². The van der Waals surface area contributed by atoms with E-state index in [0.717, 1.165) is 15.2 Å². The third-order valence-corrected chi connectivity index (χ3v) is 5.06. The number of nitrogens with one attached hydrogen (secondary N) is 1. The maximum atomic E-state index is 6.20. The fraction of sp³-hybridized carbons (Fsp3) is 0.500. The molecule has 1 aromatic carbocycles. The summed E-state index contributed by atoms with van der Waals surface area (Å²) in [6, 6.07) is 6.54. The van der Waals surface area contributed by atoms with Crippen LogP contribution in [0.15, 0.2) is 22.7 Å². The maximum absolute atomic E-state index is 6.20. The SMILES string of the molecule is CC1SCCCC1Nc1ccc(Br)cc1Cl. The van der Waals surface area contributed by atoms with Crippen molar-refractivity contribution in [1.29, 1.82) is 0 Å².